The Morgan fingerprint density at radius 2 is 1.64 bits per heavy atom. The molecule has 84 valence electrons. The first-order valence-corrected chi connectivity index (χ1v) is 6.29. The van der Waals surface area contributed by atoms with Gasteiger partial charge in [-0.25, -0.2) is 0 Å². The van der Waals surface area contributed by atoms with Crippen LogP contribution in [0, 0.1) is 16.2 Å². The fourth-order valence-electron chi connectivity index (χ4n) is 3.40. The van der Waals surface area contributed by atoms with Crippen molar-refractivity contribution in [1.82, 2.24) is 0 Å². The Hall–Kier alpha value is 0. The van der Waals surface area contributed by atoms with E-state index in [0.717, 1.165) is 0 Å². The standard InChI is InChI=1S/C14H28/c1-7-13(5,6)14(8-2)10-9-12(3,4)11-14/h7-11H2,1-6H3. The molecule has 1 aliphatic rings. The van der Waals surface area contributed by atoms with Crippen LogP contribution < -0.4 is 0 Å². The lowest BCUT2D eigenvalue weighted by Gasteiger charge is -2.45. The van der Waals surface area contributed by atoms with Gasteiger partial charge in [0.15, 0.2) is 0 Å². The first-order valence-electron chi connectivity index (χ1n) is 6.29. The number of rotatable bonds is 3. The molecule has 1 rings (SSSR count). The van der Waals surface area contributed by atoms with E-state index in [2.05, 4.69) is 41.5 Å². The van der Waals surface area contributed by atoms with Gasteiger partial charge in [0.2, 0.25) is 0 Å². The highest BCUT2D eigenvalue weighted by Gasteiger charge is 2.49. The van der Waals surface area contributed by atoms with Crippen LogP contribution in [0.4, 0.5) is 0 Å². The highest BCUT2D eigenvalue weighted by atomic mass is 14.5. The summed E-state index contributed by atoms with van der Waals surface area (Å²) in [5.41, 5.74) is 1.73. The normalized spacial score (nSPS) is 32.1. The molecule has 0 N–H and O–H groups in total. The fourth-order valence-corrected chi connectivity index (χ4v) is 3.40. The highest BCUT2D eigenvalue weighted by Crippen LogP contribution is 2.60. The average Bonchev–Trinajstić information content (AvgIpc) is 2.43. The molecule has 14 heavy (non-hydrogen) atoms. The summed E-state index contributed by atoms with van der Waals surface area (Å²) in [6.45, 7) is 14.6. The molecule has 0 radical (unpaired) electrons. The maximum Gasteiger partial charge on any atom is -0.0244 e. The summed E-state index contributed by atoms with van der Waals surface area (Å²) in [6.07, 6.45) is 6.97. The molecule has 0 spiro atoms. The van der Waals surface area contributed by atoms with Crippen LogP contribution >= 0.6 is 0 Å². The molecular formula is C14H28. The summed E-state index contributed by atoms with van der Waals surface area (Å²) in [6, 6.07) is 0. The molecule has 1 unspecified atom stereocenters. The van der Waals surface area contributed by atoms with Crippen LogP contribution in [0.1, 0.15) is 73.6 Å². The van der Waals surface area contributed by atoms with E-state index in [4.69, 9.17) is 0 Å². The molecule has 0 aromatic rings. The molecule has 0 heterocycles. The van der Waals surface area contributed by atoms with Crippen LogP contribution in [0.5, 0.6) is 0 Å². The Balaban J connectivity index is 2.90. The molecule has 0 aromatic carbocycles. The van der Waals surface area contributed by atoms with Crippen LogP contribution in [0.15, 0.2) is 0 Å². The maximum atomic E-state index is 2.47. The fraction of sp³-hybridized carbons (Fsp3) is 1.00. The van der Waals surface area contributed by atoms with Gasteiger partial charge in [-0.1, -0.05) is 48.0 Å². The third kappa shape index (κ3) is 1.85. The van der Waals surface area contributed by atoms with Crippen molar-refractivity contribution in [2.24, 2.45) is 16.2 Å². The van der Waals surface area contributed by atoms with E-state index in [0.29, 0.717) is 16.2 Å². The molecule has 1 fully saturated rings. The molecule has 0 aromatic heterocycles. The second kappa shape index (κ2) is 3.54. The van der Waals surface area contributed by atoms with E-state index < -0.39 is 0 Å². The third-order valence-corrected chi connectivity index (χ3v) is 5.09. The van der Waals surface area contributed by atoms with Crippen LogP contribution in [-0.2, 0) is 0 Å². The lowest BCUT2D eigenvalue weighted by Crippen LogP contribution is -2.35. The smallest absolute Gasteiger partial charge is 0.0244 e. The Labute approximate surface area is 90.5 Å². The van der Waals surface area contributed by atoms with Crippen molar-refractivity contribution < 1.29 is 0 Å². The molecule has 0 amide bonds. The second-order valence-corrected chi connectivity index (χ2v) is 6.71. The van der Waals surface area contributed by atoms with E-state index >= 15 is 0 Å². The molecule has 0 heteroatoms. The van der Waals surface area contributed by atoms with Gasteiger partial charge in [-0.3, -0.25) is 0 Å². The Kier molecular flexibility index (Phi) is 3.05. The first kappa shape index (κ1) is 12.1. The lowest BCUT2D eigenvalue weighted by molar-refractivity contribution is 0.0532. The Bertz CT molecular complexity index is 200. The second-order valence-electron chi connectivity index (χ2n) is 6.71. The molecule has 0 saturated heterocycles. The van der Waals surface area contributed by atoms with E-state index in [1.54, 1.807) is 0 Å². The van der Waals surface area contributed by atoms with Gasteiger partial charge in [0.25, 0.3) is 0 Å². The summed E-state index contributed by atoms with van der Waals surface area (Å²) in [4.78, 5) is 0. The topological polar surface area (TPSA) is 0 Å². The van der Waals surface area contributed by atoms with E-state index in [9.17, 15) is 0 Å². The Morgan fingerprint density at radius 3 is 1.93 bits per heavy atom. The zero-order valence-electron chi connectivity index (χ0n) is 11.0. The van der Waals surface area contributed by atoms with Gasteiger partial charge in [-0.05, 0) is 41.9 Å². The first-order chi connectivity index (χ1) is 6.29. The van der Waals surface area contributed by atoms with Gasteiger partial charge >= 0.3 is 0 Å². The molecule has 1 aliphatic carbocycles. The molecule has 0 nitrogen and oxygen atoms in total. The van der Waals surface area contributed by atoms with E-state index in [1.165, 1.54) is 32.1 Å². The molecular weight excluding hydrogens is 168 g/mol. The maximum absolute atomic E-state index is 2.47. The monoisotopic (exact) mass is 196 g/mol. The van der Waals surface area contributed by atoms with E-state index in [-0.39, 0.29) is 0 Å². The zero-order valence-corrected chi connectivity index (χ0v) is 11.0. The van der Waals surface area contributed by atoms with Gasteiger partial charge < -0.3 is 0 Å². The van der Waals surface area contributed by atoms with Crippen molar-refractivity contribution in [3.05, 3.63) is 0 Å². The minimum Gasteiger partial charge on any atom is -0.0649 e. The number of hydrogen-bond donors (Lipinski definition) is 0. The van der Waals surface area contributed by atoms with Crippen molar-refractivity contribution in [3.8, 4) is 0 Å². The van der Waals surface area contributed by atoms with Crippen molar-refractivity contribution in [3.63, 3.8) is 0 Å². The third-order valence-electron chi connectivity index (χ3n) is 5.09. The van der Waals surface area contributed by atoms with Crippen LogP contribution in [0.2, 0.25) is 0 Å². The summed E-state index contributed by atoms with van der Waals surface area (Å²) in [5.74, 6) is 0. The van der Waals surface area contributed by atoms with Crippen LogP contribution in [-0.4, -0.2) is 0 Å². The molecule has 0 bridgehead atoms. The van der Waals surface area contributed by atoms with Crippen molar-refractivity contribution in [2.45, 2.75) is 73.6 Å². The predicted octanol–water partition coefficient (Wildman–Crippen LogP) is 5.03. The number of hydrogen-bond acceptors (Lipinski definition) is 0. The summed E-state index contributed by atoms with van der Waals surface area (Å²) in [5, 5.41) is 0. The molecule has 0 aliphatic heterocycles. The SMILES string of the molecule is CCC(C)(C)C1(CC)CCC(C)(C)C1. The summed E-state index contributed by atoms with van der Waals surface area (Å²) >= 11 is 0. The van der Waals surface area contributed by atoms with Gasteiger partial charge in [-0.15, -0.1) is 0 Å². The van der Waals surface area contributed by atoms with Gasteiger partial charge in [-0.2, -0.15) is 0 Å². The summed E-state index contributed by atoms with van der Waals surface area (Å²) < 4.78 is 0. The van der Waals surface area contributed by atoms with Gasteiger partial charge in [0.1, 0.15) is 0 Å². The summed E-state index contributed by atoms with van der Waals surface area (Å²) in [7, 11) is 0. The minimum atomic E-state index is 0.523. The van der Waals surface area contributed by atoms with Crippen LogP contribution in [0.25, 0.3) is 0 Å². The van der Waals surface area contributed by atoms with Crippen molar-refractivity contribution in [2.75, 3.05) is 0 Å². The quantitative estimate of drug-likeness (QED) is 0.594. The van der Waals surface area contributed by atoms with Gasteiger partial charge in [0, 0.05) is 0 Å². The van der Waals surface area contributed by atoms with E-state index in [1.807, 2.05) is 0 Å². The minimum absolute atomic E-state index is 0.523. The largest absolute Gasteiger partial charge is 0.0649 e. The zero-order chi connectivity index (χ0) is 11.0. The van der Waals surface area contributed by atoms with Crippen molar-refractivity contribution >= 4 is 0 Å². The highest BCUT2D eigenvalue weighted by molar-refractivity contribution is 5.00. The predicted molar refractivity (Wildman–Crippen MR) is 64.4 cm³/mol. The Morgan fingerprint density at radius 1 is 1.07 bits per heavy atom. The molecule has 1 saturated carbocycles. The lowest BCUT2D eigenvalue weighted by atomic mass is 9.60. The molecule has 1 atom stereocenters. The van der Waals surface area contributed by atoms with Crippen LogP contribution in [0.3, 0.4) is 0 Å². The van der Waals surface area contributed by atoms with Gasteiger partial charge in [0.05, 0.1) is 0 Å². The van der Waals surface area contributed by atoms with Crippen molar-refractivity contribution in [1.29, 1.82) is 0 Å². The average molecular weight is 196 g/mol.